The van der Waals surface area contributed by atoms with Gasteiger partial charge < -0.3 is 5.32 Å². The third-order valence-electron chi connectivity index (χ3n) is 3.28. The maximum Gasteiger partial charge on any atom is 0.257 e. The molecule has 0 unspecified atom stereocenters. The molecule has 0 aliphatic rings. The molecule has 3 rings (SSSR count). The number of H-pyrrole nitrogens is 1. The molecule has 0 atom stereocenters. The van der Waals surface area contributed by atoms with E-state index >= 15 is 0 Å². The largest absolute Gasteiger partial charge is 0.319 e. The van der Waals surface area contributed by atoms with Crippen molar-refractivity contribution < 1.29 is 4.79 Å². The molecule has 0 radical (unpaired) electrons. The van der Waals surface area contributed by atoms with Gasteiger partial charge in [-0.3, -0.25) is 19.9 Å². The predicted octanol–water partition coefficient (Wildman–Crippen LogP) is 2.74. The fourth-order valence-corrected chi connectivity index (χ4v) is 2.20. The summed E-state index contributed by atoms with van der Waals surface area (Å²) in [5.41, 5.74) is 4.09. The van der Waals surface area contributed by atoms with Crippen LogP contribution in [-0.2, 0) is 0 Å². The molecular formula is C16H15N5O. The van der Waals surface area contributed by atoms with Crippen LogP contribution < -0.4 is 5.32 Å². The summed E-state index contributed by atoms with van der Waals surface area (Å²) in [4.78, 5) is 21.0. The Morgan fingerprint density at radius 3 is 2.77 bits per heavy atom. The molecule has 0 saturated carbocycles. The molecule has 0 aliphatic carbocycles. The highest BCUT2D eigenvalue weighted by molar-refractivity contribution is 6.06. The number of nitrogens with one attached hydrogen (secondary N) is 2. The molecule has 0 aliphatic heterocycles. The maximum absolute atomic E-state index is 12.4. The molecule has 2 N–H and O–H groups in total. The molecule has 6 nitrogen and oxygen atoms in total. The summed E-state index contributed by atoms with van der Waals surface area (Å²) < 4.78 is 0. The molecule has 0 spiro atoms. The zero-order valence-corrected chi connectivity index (χ0v) is 12.3. The Bertz CT molecular complexity index is 810. The number of aryl methyl sites for hydroxylation is 2. The standard InChI is InChI=1S/C16H15N5O/c1-10-6-7-12(11(2)19-10)16(22)20-14-9-18-21-15(14)13-5-3-4-8-17-13/h3-9H,1-2H3,(H,18,21)(H,20,22). The first-order valence-corrected chi connectivity index (χ1v) is 6.85. The first-order valence-electron chi connectivity index (χ1n) is 6.85. The molecule has 1 amide bonds. The summed E-state index contributed by atoms with van der Waals surface area (Å²) >= 11 is 0. The van der Waals surface area contributed by atoms with Crippen LogP contribution in [0.25, 0.3) is 11.4 Å². The summed E-state index contributed by atoms with van der Waals surface area (Å²) in [6.45, 7) is 3.71. The topological polar surface area (TPSA) is 83.6 Å². The van der Waals surface area contributed by atoms with E-state index in [0.29, 0.717) is 28.3 Å². The molecule has 110 valence electrons. The van der Waals surface area contributed by atoms with Gasteiger partial charge in [0.15, 0.2) is 0 Å². The smallest absolute Gasteiger partial charge is 0.257 e. The summed E-state index contributed by atoms with van der Waals surface area (Å²) in [5, 5.41) is 9.70. The van der Waals surface area contributed by atoms with E-state index in [1.807, 2.05) is 38.1 Å². The molecule has 0 fully saturated rings. The van der Waals surface area contributed by atoms with Crippen molar-refractivity contribution in [3.05, 3.63) is 59.7 Å². The molecule has 6 heteroatoms. The van der Waals surface area contributed by atoms with Crippen molar-refractivity contribution in [1.29, 1.82) is 0 Å². The number of hydrogen-bond acceptors (Lipinski definition) is 4. The zero-order valence-electron chi connectivity index (χ0n) is 12.3. The van der Waals surface area contributed by atoms with E-state index in [-0.39, 0.29) is 5.91 Å². The number of nitrogens with zero attached hydrogens (tertiary/aromatic N) is 3. The molecular weight excluding hydrogens is 278 g/mol. The van der Waals surface area contributed by atoms with Crippen LogP contribution in [0.3, 0.4) is 0 Å². The highest BCUT2D eigenvalue weighted by Gasteiger charge is 2.15. The van der Waals surface area contributed by atoms with Crippen molar-refractivity contribution in [2.75, 3.05) is 5.32 Å². The third kappa shape index (κ3) is 2.71. The zero-order chi connectivity index (χ0) is 15.5. The predicted molar refractivity (Wildman–Crippen MR) is 83.5 cm³/mol. The van der Waals surface area contributed by atoms with E-state index in [0.717, 1.165) is 5.69 Å². The Morgan fingerprint density at radius 2 is 2.05 bits per heavy atom. The Labute approximate surface area is 127 Å². The summed E-state index contributed by atoms with van der Waals surface area (Å²) in [6, 6.07) is 9.15. The Kier molecular flexibility index (Phi) is 3.65. The normalized spacial score (nSPS) is 10.5. The summed E-state index contributed by atoms with van der Waals surface area (Å²) in [7, 11) is 0. The SMILES string of the molecule is Cc1ccc(C(=O)Nc2cn[nH]c2-c2ccccn2)c(C)n1. The van der Waals surface area contributed by atoms with Crippen LogP contribution in [0.1, 0.15) is 21.7 Å². The van der Waals surface area contributed by atoms with Gasteiger partial charge in [-0.15, -0.1) is 0 Å². The van der Waals surface area contributed by atoms with Crippen LogP contribution in [0, 0.1) is 13.8 Å². The van der Waals surface area contributed by atoms with Gasteiger partial charge in [0.2, 0.25) is 0 Å². The van der Waals surface area contributed by atoms with Gasteiger partial charge in [-0.1, -0.05) is 6.07 Å². The van der Waals surface area contributed by atoms with Crippen molar-refractivity contribution in [2.45, 2.75) is 13.8 Å². The number of aromatic nitrogens is 4. The minimum atomic E-state index is -0.219. The number of aromatic amines is 1. The van der Waals surface area contributed by atoms with Gasteiger partial charge in [0.25, 0.3) is 5.91 Å². The van der Waals surface area contributed by atoms with Gasteiger partial charge in [0.05, 0.1) is 28.8 Å². The Morgan fingerprint density at radius 1 is 1.18 bits per heavy atom. The highest BCUT2D eigenvalue weighted by atomic mass is 16.1. The van der Waals surface area contributed by atoms with Gasteiger partial charge in [0, 0.05) is 11.9 Å². The van der Waals surface area contributed by atoms with Gasteiger partial charge in [-0.25, -0.2) is 0 Å². The number of amides is 1. The van der Waals surface area contributed by atoms with Crippen LogP contribution in [0.15, 0.2) is 42.7 Å². The molecule has 0 bridgehead atoms. The average molecular weight is 293 g/mol. The second kappa shape index (κ2) is 5.77. The van der Waals surface area contributed by atoms with E-state index in [1.165, 1.54) is 0 Å². The summed E-state index contributed by atoms with van der Waals surface area (Å²) in [5.74, 6) is -0.219. The van der Waals surface area contributed by atoms with Crippen molar-refractivity contribution in [3.63, 3.8) is 0 Å². The molecule has 3 aromatic rings. The van der Waals surface area contributed by atoms with Crippen LogP contribution in [0.4, 0.5) is 5.69 Å². The van der Waals surface area contributed by atoms with Crippen LogP contribution in [-0.4, -0.2) is 26.1 Å². The van der Waals surface area contributed by atoms with Crippen molar-refractivity contribution in [3.8, 4) is 11.4 Å². The Balaban J connectivity index is 1.88. The number of pyridine rings is 2. The number of anilines is 1. The highest BCUT2D eigenvalue weighted by Crippen LogP contribution is 2.23. The fraction of sp³-hybridized carbons (Fsp3) is 0.125. The molecule has 22 heavy (non-hydrogen) atoms. The molecule has 3 aromatic heterocycles. The van der Waals surface area contributed by atoms with Crippen LogP contribution >= 0.6 is 0 Å². The second-order valence-corrected chi connectivity index (χ2v) is 4.91. The van der Waals surface area contributed by atoms with E-state index in [9.17, 15) is 4.79 Å². The van der Waals surface area contributed by atoms with E-state index in [1.54, 1.807) is 18.5 Å². The lowest BCUT2D eigenvalue weighted by atomic mass is 10.1. The Hall–Kier alpha value is -3.02. The van der Waals surface area contributed by atoms with E-state index in [2.05, 4.69) is 25.5 Å². The van der Waals surface area contributed by atoms with Crippen molar-refractivity contribution >= 4 is 11.6 Å². The quantitative estimate of drug-likeness (QED) is 0.777. The molecule has 0 saturated heterocycles. The monoisotopic (exact) mass is 293 g/mol. The maximum atomic E-state index is 12.4. The van der Waals surface area contributed by atoms with Crippen molar-refractivity contribution in [2.24, 2.45) is 0 Å². The lowest BCUT2D eigenvalue weighted by Gasteiger charge is -2.08. The average Bonchev–Trinajstić information content (AvgIpc) is 2.96. The fourth-order valence-electron chi connectivity index (χ4n) is 2.20. The lowest BCUT2D eigenvalue weighted by Crippen LogP contribution is -2.14. The van der Waals surface area contributed by atoms with Gasteiger partial charge >= 0.3 is 0 Å². The number of carbonyl (C=O) groups is 1. The summed E-state index contributed by atoms with van der Waals surface area (Å²) in [6.07, 6.45) is 3.26. The lowest BCUT2D eigenvalue weighted by molar-refractivity contribution is 0.102. The van der Waals surface area contributed by atoms with Crippen LogP contribution in [0.5, 0.6) is 0 Å². The minimum absolute atomic E-state index is 0.219. The van der Waals surface area contributed by atoms with Gasteiger partial charge in [-0.05, 0) is 38.1 Å². The third-order valence-corrected chi connectivity index (χ3v) is 3.28. The first kappa shape index (κ1) is 13.9. The molecule has 0 aromatic carbocycles. The number of carbonyl (C=O) groups excluding carboxylic acids is 1. The first-order chi connectivity index (χ1) is 10.6. The van der Waals surface area contributed by atoms with E-state index < -0.39 is 0 Å². The number of rotatable bonds is 3. The van der Waals surface area contributed by atoms with Gasteiger partial charge in [0.1, 0.15) is 5.69 Å². The van der Waals surface area contributed by atoms with Crippen LogP contribution in [0.2, 0.25) is 0 Å². The minimum Gasteiger partial charge on any atom is -0.319 e. The second-order valence-electron chi connectivity index (χ2n) is 4.91. The van der Waals surface area contributed by atoms with Gasteiger partial charge in [-0.2, -0.15) is 5.10 Å². The van der Waals surface area contributed by atoms with E-state index in [4.69, 9.17) is 0 Å². The molecule has 3 heterocycles. The van der Waals surface area contributed by atoms with Crippen molar-refractivity contribution in [1.82, 2.24) is 20.2 Å². The number of hydrogen-bond donors (Lipinski definition) is 2.